The molecular formula is C21H39O5P. The fourth-order valence-corrected chi connectivity index (χ4v) is 5.26. The summed E-state index contributed by atoms with van der Waals surface area (Å²) in [6.07, 6.45) is 14.7. The van der Waals surface area contributed by atoms with Crippen molar-refractivity contribution in [3.05, 3.63) is 11.3 Å². The largest absolute Gasteiger partial charge is 0.466 e. The van der Waals surface area contributed by atoms with E-state index in [0.717, 1.165) is 12.8 Å². The van der Waals surface area contributed by atoms with Crippen molar-refractivity contribution < 1.29 is 23.1 Å². The first-order chi connectivity index (χ1) is 13.0. The SMILES string of the molecule is CCCCCCCCCCCC[C@@H]1CC[P@@](=O)(OC)OC(C)=C1C(=O)OC. The van der Waals surface area contributed by atoms with E-state index in [1.165, 1.54) is 72.0 Å². The summed E-state index contributed by atoms with van der Waals surface area (Å²) in [6, 6.07) is 0. The average molecular weight is 403 g/mol. The van der Waals surface area contributed by atoms with Crippen LogP contribution in [0.25, 0.3) is 0 Å². The maximum atomic E-state index is 12.5. The summed E-state index contributed by atoms with van der Waals surface area (Å²) < 4.78 is 28.1. The third-order valence-electron chi connectivity index (χ3n) is 5.40. The topological polar surface area (TPSA) is 61.8 Å². The normalized spacial score (nSPS) is 23.0. The Kier molecular flexibility index (Phi) is 12.0. The van der Waals surface area contributed by atoms with Crippen LogP contribution in [0.5, 0.6) is 0 Å². The zero-order chi connectivity index (χ0) is 20.1. The number of allylic oxidation sites excluding steroid dienone is 1. The molecule has 1 aliphatic rings. The molecule has 0 aliphatic carbocycles. The molecule has 0 N–H and O–H groups in total. The van der Waals surface area contributed by atoms with Gasteiger partial charge in [0.1, 0.15) is 5.76 Å². The second-order valence-electron chi connectivity index (χ2n) is 7.53. The van der Waals surface area contributed by atoms with Gasteiger partial charge in [0.25, 0.3) is 0 Å². The Labute approximate surface area is 165 Å². The highest BCUT2D eigenvalue weighted by Gasteiger charge is 2.35. The van der Waals surface area contributed by atoms with Gasteiger partial charge in [-0.2, -0.15) is 0 Å². The van der Waals surface area contributed by atoms with Crippen molar-refractivity contribution in [2.45, 2.75) is 90.9 Å². The number of unbranched alkanes of at least 4 members (excludes halogenated alkanes) is 9. The minimum absolute atomic E-state index is 0.0254. The maximum Gasteiger partial charge on any atom is 0.378 e. The van der Waals surface area contributed by atoms with E-state index in [0.29, 0.717) is 23.9 Å². The Hall–Kier alpha value is -0.800. The van der Waals surface area contributed by atoms with Crippen molar-refractivity contribution >= 4 is 13.6 Å². The molecular weight excluding hydrogens is 363 g/mol. The van der Waals surface area contributed by atoms with E-state index in [-0.39, 0.29) is 11.9 Å². The van der Waals surface area contributed by atoms with Crippen molar-refractivity contribution in [2.75, 3.05) is 20.4 Å². The lowest BCUT2D eigenvalue weighted by atomic mass is 9.89. The molecule has 0 bridgehead atoms. The monoisotopic (exact) mass is 402 g/mol. The highest BCUT2D eigenvalue weighted by molar-refractivity contribution is 7.53. The van der Waals surface area contributed by atoms with Crippen LogP contribution in [0, 0.1) is 5.92 Å². The average Bonchev–Trinajstić information content (AvgIpc) is 2.79. The van der Waals surface area contributed by atoms with Crippen LogP contribution in [0.15, 0.2) is 11.3 Å². The Morgan fingerprint density at radius 3 is 2.11 bits per heavy atom. The number of ether oxygens (including phenoxy) is 1. The lowest BCUT2D eigenvalue weighted by molar-refractivity contribution is -0.137. The number of methoxy groups -OCH3 is 1. The molecule has 158 valence electrons. The Balaban J connectivity index is 2.42. The number of esters is 1. The summed E-state index contributed by atoms with van der Waals surface area (Å²) in [7, 11) is -0.377. The third kappa shape index (κ3) is 8.83. The molecule has 6 heteroatoms. The predicted molar refractivity (Wildman–Crippen MR) is 110 cm³/mol. The van der Waals surface area contributed by atoms with E-state index < -0.39 is 7.60 Å². The summed E-state index contributed by atoms with van der Waals surface area (Å²) in [4.78, 5) is 12.2. The second kappa shape index (κ2) is 13.4. The molecule has 0 radical (unpaired) electrons. The molecule has 0 aromatic heterocycles. The molecule has 0 aromatic carbocycles. The zero-order valence-corrected chi connectivity index (χ0v) is 18.7. The molecule has 0 unspecified atom stereocenters. The van der Waals surface area contributed by atoms with Gasteiger partial charge in [-0.3, -0.25) is 0 Å². The highest BCUT2D eigenvalue weighted by Crippen LogP contribution is 2.54. The van der Waals surface area contributed by atoms with Crippen LogP contribution in [0.2, 0.25) is 0 Å². The number of rotatable bonds is 13. The van der Waals surface area contributed by atoms with E-state index in [4.69, 9.17) is 13.8 Å². The van der Waals surface area contributed by atoms with E-state index in [1.54, 1.807) is 6.92 Å². The molecule has 0 saturated carbocycles. The standard InChI is InChI=1S/C21H39O5P/c1-5-6-7-8-9-10-11-12-13-14-15-19-16-17-27(23,25-4)26-18(2)20(19)21(22)24-3/h19H,5-17H2,1-4H3/t19-,27-/m1/s1. The Bertz CT molecular complexity index is 515. The number of carbonyl (C=O) groups is 1. The predicted octanol–water partition coefficient (Wildman–Crippen LogP) is 6.62. The minimum Gasteiger partial charge on any atom is -0.466 e. The molecule has 0 aromatic rings. The van der Waals surface area contributed by atoms with Crippen molar-refractivity contribution in [1.82, 2.24) is 0 Å². The van der Waals surface area contributed by atoms with Crippen LogP contribution >= 0.6 is 7.60 Å². The highest BCUT2D eigenvalue weighted by atomic mass is 31.2. The fourth-order valence-electron chi connectivity index (χ4n) is 3.76. The van der Waals surface area contributed by atoms with Gasteiger partial charge in [-0.15, -0.1) is 0 Å². The first kappa shape index (κ1) is 24.2. The van der Waals surface area contributed by atoms with E-state index >= 15 is 0 Å². The number of hydrogen-bond donors (Lipinski definition) is 0. The molecule has 1 aliphatic heterocycles. The second-order valence-corrected chi connectivity index (χ2v) is 9.74. The zero-order valence-electron chi connectivity index (χ0n) is 17.8. The van der Waals surface area contributed by atoms with Crippen molar-refractivity contribution in [3.8, 4) is 0 Å². The van der Waals surface area contributed by atoms with Gasteiger partial charge in [0.05, 0.1) is 18.8 Å². The van der Waals surface area contributed by atoms with Crippen molar-refractivity contribution in [1.29, 1.82) is 0 Å². The Morgan fingerprint density at radius 2 is 1.59 bits per heavy atom. The Morgan fingerprint density at radius 1 is 1.04 bits per heavy atom. The fraction of sp³-hybridized carbons (Fsp3) is 0.857. The summed E-state index contributed by atoms with van der Waals surface area (Å²) in [6.45, 7) is 3.94. The van der Waals surface area contributed by atoms with Crippen LogP contribution in [0.3, 0.4) is 0 Å². The quantitative estimate of drug-likeness (QED) is 0.197. The van der Waals surface area contributed by atoms with Crippen LogP contribution in [-0.2, 0) is 23.1 Å². The maximum absolute atomic E-state index is 12.5. The van der Waals surface area contributed by atoms with Gasteiger partial charge in [-0.25, -0.2) is 9.36 Å². The molecule has 0 amide bonds. The molecule has 0 spiro atoms. The van der Waals surface area contributed by atoms with Crippen molar-refractivity contribution in [3.63, 3.8) is 0 Å². The molecule has 1 rings (SSSR count). The summed E-state index contributed by atoms with van der Waals surface area (Å²) in [5.74, 6) is 0.0354. The van der Waals surface area contributed by atoms with Gasteiger partial charge >= 0.3 is 13.6 Å². The van der Waals surface area contributed by atoms with Gasteiger partial charge in [-0.05, 0) is 25.7 Å². The molecule has 5 nitrogen and oxygen atoms in total. The van der Waals surface area contributed by atoms with E-state index in [2.05, 4.69) is 6.92 Å². The van der Waals surface area contributed by atoms with Gasteiger partial charge in [0, 0.05) is 7.11 Å². The third-order valence-corrected chi connectivity index (χ3v) is 7.32. The van der Waals surface area contributed by atoms with Crippen LogP contribution < -0.4 is 0 Å². The molecule has 27 heavy (non-hydrogen) atoms. The number of hydrogen-bond acceptors (Lipinski definition) is 5. The lowest BCUT2D eigenvalue weighted by Gasteiger charge is -2.17. The first-order valence-corrected chi connectivity index (χ1v) is 12.3. The smallest absolute Gasteiger partial charge is 0.378 e. The molecule has 1 heterocycles. The summed E-state index contributed by atoms with van der Waals surface area (Å²) in [5.41, 5.74) is 0.531. The van der Waals surface area contributed by atoms with Gasteiger partial charge < -0.3 is 13.8 Å². The van der Waals surface area contributed by atoms with Gasteiger partial charge in [0.2, 0.25) is 0 Å². The van der Waals surface area contributed by atoms with Gasteiger partial charge in [0.15, 0.2) is 0 Å². The minimum atomic E-state index is -3.15. The molecule has 0 saturated heterocycles. The van der Waals surface area contributed by atoms with Crippen LogP contribution in [-0.4, -0.2) is 26.4 Å². The first-order valence-electron chi connectivity index (χ1n) is 10.6. The lowest BCUT2D eigenvalue weighted by Crippen LogP contribution is -2.16. The molecule has 2 atom stereocenters. The van der Waals surface area contributed by atoms with Crippen LogP contribution in [0.1, 0.15) is 90.9 Å². The van der Waals surface area contributed by atoms with E-state index in [9.17, 15) is 9.36 Å². The van der Waals surface area contributed by atoms with Crippen molar-refractivity contribution in [2.24, 2.45) is 5.92 Å². The summed E-state index contributed by atoms with van der Waals surface area (Å²) in [5, 5.41) is 0. The van der Waals surface area contributed by atoms with Crippen LogP contribution in [0.4, 0.5) is 0 Å². The summed E-state index contributed by atoms with van der Waals surface area (Å²) >= 11 is 0. The van der Waals surface area contributed by atoms with E-state index in [1.807, 2.05) is 0 Å². The van der Waals surface area contributed by atoms with Gasteiger partial charge in [-0.1, -0.05) is 71.1 Å². The number of carbonyl (C=O) groups excluding carboxylic acids is 1. The molecule has 0 fully saturated rings.